The van der Waals surface area contributed by atoms with E-state index >= 15 is 0 Å². The average Bonchev–Trinajstić information content (AvgIpc) is 2.74. The number of carbonyl (C=O) groups excluding carboxylic acids is 1. The third-order valence-electron chi connectivity index (χ3n) is 2.59. The Bertz CT molecular complexity index is 594. The van der Waals surface area contributed by atoms with Crippen molar-refractivity contribution < 1.29 is 9.18 Å². The van der Waals surface area contributed by atoms with Gasteiger partial charge in [0.15, 0.2) is 0 Å². The number of aryl methyl sites for hydroxylation is 1. The number of hydrogen-bond acceptors (Lipinski definition) is 3. The number of nitrogens with zero attached hydrogens (tertiary/aromatic N) is 2. The van der Waals surface area contributed by atoms with Crippen LogP contribution in [-0.4, -0.2) is 22.8 Å². The molecule has 0 aliphatic heterocycles. The summed E-state index contributed by atoms with van der Waals surface area (Å²) in [4.78, 5) is 17.8. The van der Waals surface area contributed by atoms with Gasteiger partial charge in [0.05, 0.1) is 27.8 Å². The quantitative estimate of drug-likeness (QED) is 0.868. The van der Waals surface area contributed by atoms with Crippen LogP contribution in [0, 0.1) is 12.7 Å². The SMILES string of the molecule is Cc1nc(CN(C)C(=O)c2c(F)cccc2Cl)cs1. The Hall–Kier alpha value is -1.46. The second-order valence-electron chi connectivity index (χ2n) is 4.12. The average molecular weight is 299 g/mol. The summed E-state index contributed by atoms with van der Waals surface area (Å²) in [5.41, 5.74) is 0.685. The van der Waals surface area contributed by atoms with E-state index in [1.54, 1.807) is 7.05 Å². The summed E-state index contributed by atoms with van der Waals surface area (Å²) in [7, 11) is 1.60. The first-order valence-corrected chi connectivity index (χ1v) is 6.85. The molecular formula is C13H12ClFN2OS. The van der Waals surface area contributed by atoms with Gasteiger partial charge < -0.3 is 4.90 Å². The molecule has 0 radical (unpaired) electrons. The Morgan fingerprint density at radius 2 is 2.26 bits per heavy atom. The lowest BCUT2D eigenvalue weighted by molar-refractivity contribution is 0.0779. The minimum absolute atomic E-state index is 0.0985. The van der Waals surface area contributed by atoms with E-state index in [2.05, 4.69) is 4.98 Å². The minimum Gasteiger partial charge on any atom is -0.336 e. The first kappa shape index (κ1) is 14.0. The smallest absolute Gasteiger partial charge is 0.258 e. The first-order valence-electron chi connectivity index (χ1n) is 5.59. The molecule has 0 saturated carbocycles. The number of thiazole rings is 1. The fourth-order valence-corrected chi connectivity index (χ4v) is 2.54. The Kier molecular flexibility index (Phi) is 4.17. The zero-order chi connectivity index (χ0) is 14.0. The molecule has 100 valence electrons. The minimum atomic E-state index is -0.612. The maximum absolute atomic E-state index is 13.7. The Balaban J connectivity index is 2.19. The molecule has 0 N–H and O–H groups in total. The summed E-state index contributed by atoms with van der Waals surface area (Å²) >= 11 is 7.39. The fraction of sp³-hybridized carbons (Fsp3) is 0.231. The van der Waals surface area contributed by atoms with Gasteiger partial charge in [-0.3, -0.25) is 4.79 Å². The summed E-state index contributed by atoms with van der Waals surface area (Å²) in [6.07, 6.45) is 0. The summed E-state index contributed by atoms with van der Waals surface area (Å²) in [6.45, 7) is 2.22. The third kappa shape index (κ3) is 3.11. The van der Waals surface area contributed by atoms with E-state index in [4.69, 9.17) is 11.6 Å². The molecule has 0 aliphatic rings. The van der Waals surface area contributed by atoms with Gasteiger partial charge in [0.1, 0.15) is 5.82 Å². The van der Waals surface area contributed by atoms with Gasteiger partial charge in [-0.05, 0) is 19.1 Å². The Morgan fingerprint density at radius 1 is 1.53 bits per heavy atom. The van der Waals surface area contributed by atoms with Gasteiger partial charge in [-0.2, -0.15) is 0 Å². The molecule has 2 rings (SSSR count). The number of rotatable bonds is 3. The predicted molar refractivity (Wildman–Crippen MR) is 74.1 cm³/mol. The van der Waals surface area contributed by atoms with Crippen molar-refractivity contribution in [2.75, 3.05) is 7.05 Å². The van der Waals surface area contributed by atoms with Gasteiger partial charge in [-0.25, -0.2) is 9.37 Å². The summed E-state index contributed by atoms with van der Waals surface area (Å²) in [6, 6.07) is 4.19. The maximum atomic E-state index is 13.7. The first-order chi connectivity index (χ1) is 8.99. The lowest BCUT2D eigenvalue weighted by Crippen LogP contribution is -2.27. The molecule has 1 aromatic heterocycles. The van der Waals surface area contributed by atoms with Gasteiger partial charge in [-0.15, -0.1) is 11.3 Å². The van der Waals surface area contributed by atoms with E-state index in [0.29, 0.717) is 6.54 Å². The number of benzene rings is 1. The van der Waals surface area contributed by atoms with Crippen LogP contribution in [0.25, 0.3) is 0 Å². The van der Waals surface area contributed by atoms with Crippen LogP contribution in [0.4, 0.5) is 4.39 Å². The summed E-state index contributed by atoms with van der Waals surface area (Å²) in [5, 5.41) is 2.92. The molecule has 19 heavy (non-hydrogen) atoms. The van der Waals surface area contributed by atoms with Gasteiger partial charge in [0.2, 0.25) is 0 Å². The van der Waals surface area contributed by atoms with Crippen molar-refractivity contribution in [3.8, 4) is 0 Å². The van der Waals surface area contributed by atoms with Gasteiger partial charge in [0.25, 0.3) is 5.91 Å². The number of aromatic nitrogens is 1. The van der Waals surface area contributed by atoms with Crippen molar-refractivity contribution >= 4 is 28.8 Å². The molecule has 2 aromatic rings. The van der Waals surface area contributed by atoms with Crippen molar-refractivity contribution in [1.29, 1.82) is 0 Å². The highest BCUT2D eigenvalue weighted by Gasteiger charge is 2.20. The molecule has 0 aliphatic carbocycles. The normalized spacial score (nSPS) is 10.5. The Morgan fingerprint density at radius 3 is 2.84 bits per heavy atom. The third-order valence-corrected chi connectivity index (χ3v) is 3.73. The van der Waals surface area contributed by atoms with E-state index in [0.717, 1.165) is 10.7 Å². The molecule has 0 bridgehead atoms. The molecule has 0 spiro atoms. The second kappa shape index (κ2) is 5.67. The van der Waals surface area contributed by atoms with E-state index in [1.807, 2.05) is 12.3 Å². The molecule has 6 heteroatoms. The molecule has 0 saturated heterocycles. The lowest BCUT2D eigenvalue weighted by atomic mass is 10.2. The number of halogens is 2. The topological polar surface area (TPSA) is 33.2 Å². The number of carbonyl (C=O) groups is 1. The molecule has 1 aromatic carbocycles. The zero-order valence-corrected chi connectivity index (χ0v) is 12.1. The van der Waals surface area contributed by atoms with E-state index < -0.39 is 11.7 Å². The molecular weight excluding hydrogens is 287 g/mol. The zero-order valence-electron chi connectivity index (χ0n) is 10.5. The molecule has 1 heterocycles. The van der Waals surface area contributed by atoms with E-state index in [9.17, 15) is 9.18 Å². The molecule has 0 fully saturated rings. The second-order valence-corrected chi connectivity index (χ2v) is 5.59. The summed E-state index contributed by atoms with van der Waals surface area (Å²) < 4.78 is 13.7. The van der Waals surface area contributed by atoms with Crippen molar-refractivity contribution in [1.82, 2.24) is 9.88 Å². The Labute approximate surface area is 119 Å². The summed E-state index contributed by atoms with van der Waals surface area (Å²) in [5.74, 6) is -1.06. The predicted octanol–water partition coefficient (Wildman–Crippen LogP) is 3.52. The highest BCUT2D eigenvalue weighted by atomic mass is 35.5. The molecule has 0 unspecified atom stereocenters. The molecule has 0 atom stereocenters. The monoisotopic (exact) mass is 298 g/mol. The molecule has 3 nitrogen and oxygen atoms in total. The van der Waals surface area contributed by atoms with Crippen molar-refractivity contribution in [2.24, 2.45) is 0 Å². The standard InChI is InChI=1S/C13H12ClFN2OS/c1-8-16-9(7-19-8)6-17(2)13(18)12-10(14)4-3-5-11(12)15/h3-5,7H,6H2,1-2H3. The van der Waals surface area contributed by atoms with E-state index in [1.165, 1.54) is 34.4 Å². The van der Waals surface area contributed by atoms with Crippen LogP contribution in [0.5, 0.6) is 0 Å². The lowest BCUT2D eigenvalue weighted by Gasteiger charge is -2.17. The van der Waals surface area contributed by atoms with Crippen molar-refractivity contribution in [2.45, 2.75) is 13.5 Å². The van der Waals surface area contributed by atoms with Crippen LogP contribution < -0.4 is 0 Å². The van der Waals surface area contributed by atoms with Crippen LogP contribution in [0.3, 0.4) is 0 Å². The van der Waals surface area contributed by atoms with E-state index in [-0.39, 0.29) is 10.6 Å². The van der Waals surface area contributed by atoms with Crippen LogP contribution in [0.1, 0.15) is 21.1 Å². The van der Waals surface area contributed by atoms with Crippen LogP contribution in [-0.2, 0) is 6.54 Å². The maximum Gasteiger partial charge on any atom is 0.258 e. The van der Waals surface area contributed by atoms with Crippen molar-refractivity contribution in [3.05, 3.63) is 50.7 Å². The largest absolute Gasteiger partial charge is 0.336 e. The van der Waals surface area contributed by atoms with Gasteiger partial charge in [-0.1, -0.05) is 17.7 Å². The van der Waals surface area contributed by atoms with Crippen LogP contribution >= 0.6 is 22.9 Å². The van der Waals surface area contributed by atoms with Gasteiger partial charge in [0, 0.05) is 12.4 Å². The fourth-order valence-electron chi connectivity index (χ4n) is 1.69. The molecule has 1 amide bonds. The van der Waals surface area contributed by atoms with Gasteiger partial charge >= 0.3 is 0 Å². The van der Waals surface area contributed by atoms with Crippen LogP contribution in [0.15, 0.2) is 23.6 Å². The highest BCUT2D eigenvalue weighted by molar-refractivity contribution is 7.09. The van der Waals surface area contributed by atoms with Crippen molar-refractivity contribution in [3.63, 3.8) is 0 Å². The number of amides is 1. The highest BCUT2D eigenvalue weighted by Crippen LogP contribution is 2.21. The number of hydrogen-bond donors (Lipinski definition) is 0. The van der Waals surface area contributed by atoms with Crippen LogP contribution in [0.2, 0.25) is 5.02 Å².